The maximum atomic E-state index is 11.5. The van der Waals surface area contributed by atoms with Gasteiger partial charge in [-0.3, -0.25) is 4.79 Å². The maximum Gasteiger partial charge on any atom is 0.332 e. The monoisotopic (exact) mass is 267 g/mol. The molecule has 104 valence electrons. The molecule has 1 amide bonds. The van der Waals surface area contributed by atoms with Gasteiger partial charge in [-0.15, -0.1) is 0 Å². The van der Waals surface area contributed by atoms with E-state index in [2.05, 4.69) is 5.32 Å². The van der Waals surface area contributed by atoms with E-state index in [0.717, 1.165) is 5.56 Å². The first kappa shape index (κ1) is 15.0. The lowest BCUT2D eigenvalue weighted by Crippen LogP contribution is -2.30. The minimum atomic E-state index is -1.44. The Kier molecular flexibility index (Phi) is 5.81. The number of aliphatic carboxylic acids is 1. The summed E-state index contributed by atoms with van der Waals surface area (Å²) in [6, 6.07) is 7.09. The van der Waals surface area contributed by atoms with E-state index < -0.39 is 12.1 Å². The molecular formula is C13H17NO5. The number of carbonyl (C=O) groups is 2. The number of ether oxygens (including phenoxy) is 1. The van der Waals surface area contributed by atoms with Gasteiger partial charge < -0.3 is 20.3 Å². The highest BCUT2D eigenvalue weighted by atomic mass is 16.5. The Hall–Kier alpha value is -2.08. The SMILES string of the molecule is COc1ccc(CC(=O)NCC[C@H](O)C(=O)O)cc1. The van der Waals surface area contributed by atoms with Crippen LogP contribution in [0.4, 0.5) is 0 Å². The minimum absolute atomic E-state index is 0.0102. The van der Waals surface area contributed by atoms with E-state index in [1.165, 1.54) is 0 Å². The van der Waals surface area contributed by atoms with Crippen molar-refractivity contribution in [2.45, 2.75) is 18.9 Å². The van der Waals surface area contributed by atoms with Crippen molar-refractivity contribution in [2.24, 2.45) is 0 Å². The number of methoxy groups -OCH3 is 1. The third-order valence-corrected chi connectivity index (χ3v) is 2.55. The van der Waals surface area contributed by atoms with Crippen molar-refractivity contribution in [3.8, 4) is 5.75 Å². The van der Waals surface area contributed by atoms with Crippen LogP contribution in [0.1, 0.15) is 12.0 Å². The first-order chi connectivity index (χ1) is 9.02. The van der Waals surface area contributed by atoms with Crippen LogP contribution >= 0.6 is 0 Å². The van der Waals surface area contributed by atoms with Crippen molar-refractivity contribution in [3.63, 3.8) is 0 Å². The number of aliphatic hydroxyl groups is 1. The molecule has 0 spiro atoms. The van der Waals surface area contributed by atoms with Crippen molar-refractivity contribution in [3.05, 3.63) is 29.8 Å². The average Bonchev–Trinajstić information content (AvgIpc) is 2.39. The van der Waals surface area contributed by atoms with Gasteiger partial charge in [-0.2, -0.15) is 0 Å². The number of amides is 1. The largest absolute Gasteiger partial charge is 0.497 e. The number of rotatable bonds is 7. The molecule has 0 unspecified atom stereocenters. The molecule has 0 aromatic heterocycles. The lowest BCUT2D eigenvalue weighted by molar-refractivity contribution is -0.147. The van der Waals surface area contributed by atoms with E-state index in [1.807, 2.05) is 0 Å². The second-order valence-electron chi connectivity index (χ2n) is 4.02. The molecular weight excluding hydrogens is 250 g/mol. The Morgan fingerprint density at radius 3 is 2.47 bits per heavy atom. The Balaban J connectivity index is 2.32. The number of carbonyl (C=O) groups excluding carboxylic acids is 1. The van der Waals surface area contributed by atoms with Crippen LogP contribution in [0.5, 0.6) is 5.75 Å². The zero-order chi connectivity index (χ0) is 14.3. The van der Waals surface area contributed by atoms with E-state index in [4.69, 9.17) is 14.9 Å². The molecule has 1 atom stereocenters. The fraction of sp³-hybridized carbons (Fsp3) is 0.385. The van der Waals surface area contributed by atoms with Crippen molar-refractivity contribution < 1.29 is 24.5 Å². The van der Waals surface area contributed by atoms with Crippen molar-refractivity contribution in [1.82, 2.24) is 5.32 Å². The number of nitrogens with one attached hydrogen (secondary N) is 1. The van der Waals surface area contributed by atoms with Gasteiger partial charge in [-0.25, -0.2) is 4.79 Å². The summed E-state index contributed by atoms with van der Waals surface area (Å²) in [6.45, 7) is 0.127. The summed E-state index contributed by atoms with van der Waals surface area (Å²) in [6.07, 6.45) is -1.25. The number of hydrogen-bond acceptors (Lipinski definition) is 4. The summed E-state index contributed by atoms with van der Waals surface area (Å²) < 4.78 is 5.00. The summed E-state index contributed by atoms with van der Waals surface area (Å²) in [5.41, 5.74) is 0.831. The molecule has 0 saturated carbocycles. The minimum Gasteiger partial charge on any atom is -0.497 e. The summed E-state index contributed by atoms with van der Waals surface area (Å²) >= 11 is 0. The molecule has 0 radical (unpaired) electrons. The van der Waals surface area contributed by atoms with Crippen molar-refractivity contribution in [2.75, 3.05) is 13.7 Å². The first-order valence-electron chi connectivity index (χ1n) is 5.83. The molecule has 19 heavy (non-hydrogen) atoms. The number of carboxylic acids is 1. The molecule has 0 aliphatic heterocycles. The summed E-state index contributed by atoms with van der Waals surface area (Å²) in [5.74, 6) is -0.791. The van der Waals surface area contributed by atoms with Crippen LogP contribution in [-0.4, -0.2) is 41.8 Å². The van der Waals surface area contributed by atoms with Gasteiger partial charge in [0.1, 0.15) is 5.75 Å². The van der Waals surface area contributed by atoms with Gasteiger partial charge in [0, 0.05) is 13.0 Å². The van der Waals surface area contributed by atoms with Gasteiger partial charge in [-0.05, 0) is 17.7 Å². The molecule has 6 heteroatoms. The normalized spacial score (nSPS) is 11.7. The van der Waals surface area contributed by atoms with Crippen LogP contribution in [0.2, 0.25) is 0 Å². The zero-order valence-corrected chi connectivity index (χ0v) is 10.6. The maximum absolute atomic E-state index is 11.5. The third-order valence-electron chi connectivity index (χ3n) is 2.55. The van der Waals surface area contributed by atoms with Crippen LogP contribution in [0, 0.1) is 0 Å². The number of carboxylic acid groups (broad SMARTS) is 1. The van der Waals surface area contributed by atoms with Gasteiger partial charge in [0.05, 0.1) is 13.5 Å². The molecule has 3 N–H and O–H groups in total. The molecule has 0 heterocycles. The molecule has 6 nitrogen and oxygen atoms in total. The average molecular weight is 267 g/mol. The van der Waals surface area contributed by atoms with Crippen LogP contribution in [0.3, 0.4) is 0 Å². The molecule has 0 fully saturated rings. The van der Waals surface area contributed by atoms with Crippen LogP contribution in [0.15, 0.2) is 24.3 Å². The highest BCUT2D eigenvalue weighted by molar-refractivity contribution is 5.78. The van der Waals surface area contributed by atoms with Crippen LogP contribution in [0.25, 0.3) is 0 Å². The molecule has 1 aromatic rings. The number of benzene rings is 1. The van der Waals surface area contributed by atoms with Gasteiger partial charge in [-0.1, -0.05) is 12.1 Å². The predicted molar refractivity (Wildman–Crippen MR) is 68.0 cm³/mol. The second-order valence-corrected chi connectivity index (χ2v) is 4.02. The Labute approximate surface area is 111 Å². The highest BCUT2D eigenvalue weighted by Crippen LogP contribution is 2.11. The Bertz CT molecular complexity index is 429. The fourth-order valence-electron chi connectivity index (χ4n) is 1.46. The quantitative estimate of drug-likeness (QED) is 0.655. The van der Waals surface area contributed by atoms with Gasteiger partial charge in [0.15, 0.2) is 6.10 Å². The smallest absolute Gasteiger partial charge is 0.332 e. The third kappa shape index (κ3) is 5.39. The highest BCUT2D eigenvalue weighted by Gasteiger charge is 2.12. The molecule has 0 aliphatic carbocycles. The van der Waals surface area contributed by atoms with Crippen molar-refractivity contribution in [1.29, 1.82) is 0 Å². The predicted octanol–water partition coefficient (Wildman–Crippen LogP) is 0.189. The first-order valence-corrected chi connectivity index (χ1v) is 5.83. The van der Waals surface area contributed by atoms with E-state index in [1.54, 1.807) is 31.4 Å². The molecule has 1 aromatic carbocycles. The standard InChI is InChI=1S/C13H17NO5/c1-19-10-4-2-9(3-5-10)8-12(16)14-7-6-11(15)13(17)18/h2-5,11,15H,6-8H2,1H3,(H,14,16)(H,17,18)/t11-/m0/s1. The van der Waals surface area contributed by atoms with E-state index in [9.17, 15) is 9.59 Å². The van der Waals surface area contributed by atoms with Gasteiger partial charge in [0.25, 0.3) is 0 Å². The molecule has 0 saturated heterocycles. The van der Waals surface area contributed by atoms with E-state index in [0.29, 0.717) is 5.75 Å². The van der Waals surface area contributed by atoms with Gasteiger partial charge in [0.2, 0.25) is 5.91 Å². The van der Waals surface area contributed by atoms with Crippen molar-refractivity contribution >= 4 is 11.9 Å². The lowest BCUT2D eigenvalue weighted by Gasteiger charge is -2.07. The zero-order valence-electron chi connectivity index (χ0n) is 10.6. The molecule has 1 rings (SSSR count). The Morgan fingerprint density at radius 2 is 1.95 bits per heavy atom. The van der Waals surface area contributed by atoms with E-state index in [-0.39, 0.29) is 25.3 Å². The van der Waals surface area contributed by atoms with Crippen LogP contribution in [-0.2, 0) is 16.0 Å². The number of hydrogen-bond donors (Lipinski definition) is 3. The summed E-state index contributed by atoms with van der Waals surface area (Å²) in [7, 11) is 1.56. The van der Waals surface area contributed by atoms with E-state index >= 15 is 0 Å². The molecule has 0 aliphatic rings. The number of aliphatic hydroxyl groups excluding tert-OH is 1. The summed E-state index contributed by atoms with van der Waals surface area (Å²) in [5, 5.41) is 20.0. The second kappa shape index (κ2) is 7.38. The fourth-order valence-corrected chi connectivity index (χ4v) is 1.46. The van der Waals surface area contributed by atoms with Crippen LogP contribution < -0.4 is 10.1 Å². The summed E-state index contributed by atoms with van der Waals surface area (Å²) in [4.78, 5) is 21.9. The molecule has 0 bridgehead atoms. The van der Waals surface area contributed by atoms with Gasteiger partial charge >= 0.3 is 5.97 Å². The Morgan fingerprint density at radius 1 is 1.32 bits per heavy atom. The topological polar surface area (TPSA) is 95.9 Å². The lowest BCUT2D eigenvalue weighted by atomic mass is 10.1.